The Labute approximate surface area is 129 Å². The Bertz CT molecular complexity index is 762. The van der Waals surface area contributed by atoms with Crippen molar-refractivity contribution in [3.8, 4) is 5.88 Å². The van der Waals surface area contributed by atoms with Crippen molar-refractivity contribution >= 4 is 11.0 Å². The predicted molar refractivity (Wildman–Crippen MR) is 83.9 cm³/mol. The minimum atomic E-state index is 0.0755. The van der Waals surface area contributed by atoms with Crippen molar-refractivity contribution in [1.82, 2.24) is 20.0 Å². The first kappa shape index (κ1) is 14.6. The molecule has 0 saturated heterocycles. The molecule has 0 saturated carbocycles. The second kappa shape index (κ2) is 6.19. The maximum Gasteiger partial charge on any atom is 0.254 e. The van der Waals surface area contributed by atoms with Gasteiger partial charge in [-0.3, -0.25) is 0 Å². The van der Waals surface area contributed by atoms with E-state index in [2.05, 4.69) is 26.1 Å². The normalized spacial score (nSPS) is 12.7. The lowest BCUT2D eigenvalue weighted by Gasteiger charge is -2.12. The molecule has 1 N–H and O–H groups in total. The molecule has 0 aliphatic heterocycles. The summed E-state index contributed by atoms with van der Waals surface area (Å²) in [6, 6.07) is 10.1. The van der Waals surface area contributed by atoms with Crippen molar-refractivity contribution < 1.29 is 9.26 Å². The van der Waals surface area contributed by atoms with Gasteiger partial charge in [0.1, 0.15) is 5.82 Å². The molecule has 0 radical (unpaired) electrons. The summed E-state index contributed by atoms with van der Waals surface area (Å²) in [6.07, 6.45) is 0. The van der Waals surface area contributed by atoms with Gasteiger partial charge in [-0.25, -0.2) is 4.98 Å². The van der Waals surface area contributed by atoms with Crippen molar-refractivity contribution in [1.29, 1.82) is 0 Å². The van der Waals surface area contributed by atoms with E-state index in [1.54, 1.807) is 13.2 Å². The van der Waals surface area contributed by atoms with Crippen LogP contribution in [0.15, 0.2) is 34.9 Å². The zero-order valence-electron chi connectivity index (χ0n) is 13.0. The monoisotopic (exact) mass is 300 g/mol. The molecule has 0 spiro atoms. The number of hydrogen-bond donors (Lipinski definition) is 1. The fraction of sp³-hybridized carbons (Fsp3) is 0.375. The third-order valence-corrected chi connectivity index (χ3v) is 3.77. The molecule has 1 atom stereocenters. The van der Waals surface area contributed by atoms with Gasteiger partial charge in [0.2, 0.25) is 0 Å². The van der Waals surface area contributed by atoms with Crippen molar-refractivity contribution in [2.75, 3.05) is 13.7 Å². The Hall–Kier alpha value is -2.34. The summed E-state index contributed by atoms with van der Waals surface area (Å²) in [5.41, 5.74) is 2.20. The molecule has 0 aliphatic carbocycles. The molecule has 0 bridgehead atoms. The number of aryl methyl sites for hydroxylation is 1. The Morgan fingerprint density at radius 2 is 2.18 bits per heavy atom. The third kappa shape index (κ3) is 2.82. The standard InChI is InChI=1S/C16H20N4O2/c1-11(15-10-16(21-3)19-22-15)17-8-9-20-12(2)18-13-6-4-5-7-14(13)20/h4-7,10-11,17H,8-9H2,1-3H3. The number of fused-ring (bicyclic) bond motifs is 1. The third-order valence-electron chi connectivity index (χ3n) is 3.77. The molecule has 6 nitrogen and oxygen atoms in total. The van der Waals surface area contributed by atoms with Crippen LogP contribution in [0.4, 0.5) is 0 Å². The summed E-state index contributed by atoms with van der Waals surface area (Å²) >= 11 is 0. The molecule has 6 heteroatoms. The number of hydrogen-bond acceptors (Lipinski definition) is 5. The average Bonchev–Trinajstić information content (AvgIpc) is 3.12. The second-order valence-electron chi connectivity index (χ2n) is 5.25. The van der Waals surface area contributed by atoms with Gasteiger partial charge in [0.05, 0.1) is 24.2 Å². The smallest absolute Gasteiger partial charge is 0.254 e. The largest absolute Gasteiger partial charge is 0.479 e. The number of methoxy groups -OCH3 is 1. The van der Waals surface area contributed by atoms with Gasteiger partial charge >= 0.3 is 0 Å². The number of para-hydroxylation sites is 2. The number of nitrogens with zero attached hydrogens (tertiary/aromatic N) is 3. The number of aromatic nitrogens is 3. The Kier molecular flexibility index (Phi) is 4.11. The average molecular weight is 300 g/mol. The van der Waals surface area contributed by atoms with E-state index >= 15 is 0 Å². The Morgan fingerprint density at radius 3 is 2.95 bits per heavy atom. The van der Waals surface area contributed by atoms with Gasteiger partial charge in [-0.15, -0.1) is 0 Å². The molecule has 0 fully saturated rings. The zero-order chi connectivity index (χ0) is 15.5. The fourth-order valence-electron chi connectivity index (χ4n) is 2.54. The van der Waals surface area contributed by atoms with Gasteiger partial charge in [-0.1, -0.05) is 12.1 Å². The van der Waals surface area contributed by atoms with Crippen molar-refractivity contribution in [3.05, 3.63) is 41.9 Å². The highest BCUT2D eigenvalue weighted by atomic mass is 16.5. The molecule has 1 unspecified atom stereocenters. The first-order valence-electron chi connectivity index (χ1n) is 7.35. The van der Waals surface area contributed by atoms with Crippen LogP contribution >= 0.6 is 0 Å². The SMILES string of the molecule is COc1cc(C(C)NCCn2c(C)nc3ccccc32)on1. The van der Waals surface area contributed by atoms with E-state index in [0.717, 1.165) is 35.7 Å². The Morgan fingerprint density at radius 1 is 1.36 bits per heavy atom. The molecule has 3 rings (SSSR count). The van der Waals surface area contributed by atoms with Crippen molar-refractivity contribution in [3.63, 3.8) is 0 Å². The van der Waals surface area contributed by atoms with E-state index < -0.39 is 0 Å². The van der Waals surface area contributed by atoms with Crippen LogP contribution in [0.5, 0.6) is 5.88 Å². The van der Waals surface area contributed by atoms with E-state index in [0.29, 0.717) is 5.88 Å². The second-order valence-corrected chi connectivity index (χ2v) is 5.25. The van der Waals surface area contributed by atoms with Gasteiger partial charge in [0.15, 0.2) is 5.76 Å². The molecular formula is C16H20N4O2. The van der Waals surface area contributed by atoms with Crippen LogP contribution in [0, 0.1) is 6.92 Å². The van der Waals surface area contributed by atoms with E-state index in [-0.39, 0.29) is 6.04 Å². The lowest BCUT2D eigenvalue weighted by Crippen LogP contribution is -2.23. The quantitative estimate of drug-likeness (QED) is 0.758. The van der Waals surface area contributed by atoms with Crippen LogP contribution in [-0.2, 0) is 6.54 Å². The highest BCUT2D eigenvalue weighted by molar-refractivity contribution is 5.75. The van der Waals surface area contributed by atoms with Gasteiger partial charge in [-0.05, 0) is 31.1 Å². The molecule has 116 valence electrons. The highest BCUT2D eigenvalue weighted by Gasteiger charge is 2.12. The molecule has 0 amide bonds. The summed E-state index contributed by atoms with van der Waals surface area (Å²) < 4.78 is 12.5. The number of nitrogens with one attached hydrogen (secondary N) is 1. The fourth-order valence-corrected chi connectivity index (χ4v) is 2.54. The first-order chi connectivity index (χ1) is 10.7. The molecule has 3 aromatic rings. The van der Waals surface area contributed by atoms with Gasteiger partial charge < -0.3 is 19.1 Å². The van der Waals surface area contributed by atoms with E-state index in [9.17, 15) is 0 Å². The van der Waals surface area contributed by atoms with Crippen LogP contribution in [-0.4, -0.2) is 28.4 Å². The van der Waals surface area contributed by atoms with E-state index in [4.69, 9.17) is 9.26 Å². The van der Waals surface area contributed by atoms with Crippen LogP contribution in [0.3, 0.4) is 0 Å². The maximum absolute atomic E-state index is 5.24. The summed E-state index contributed by atoms with van der Waals surface area (Å²) in [6.45, 7) is 5.73. The summed E-state index contributed by atoms with van der Waals surface area (Å²) in [4.78, 5) is 4.57. The van der Waals surface area contributed by atoms with E-state index in [1.807, 2.05) is 32.0 Å². The van der Waals surface area contributed by atoms with Crippen LogP contribution < -0.4 is 10.1 Å². The number of rotatable bonds is 6. The van der Waals surface area contributed by atoms with Crippen LogP contribution in [0.25, 0.3) is 11.0 Å². The highest BCUT2D eigenvalue weighted by Crippen LogP contribution is 2.18. The maximum atomic E-state index is 5.24. The minimum Gasteiger partial charge on any atom is -0.479 e. The minimum absolute atomic E-state index is 0.0755. The van der Waals surface area contributed by atoms with Gasteiger partial charge in [-0.2, -0.15) is 0 Å². The molecule has 22 heavy (non-hydrogen) atoms. The van der Waals surface area contributed by atoms with Gasteiger partial charge in [0.25, 0.3) is 5.88 Å². The Balaban J connectivity index is 1.63. The van der Waals surface area contributed by atoms with E-state index in [1.165, 1.54) is 0 Å². The number of imidazole rings is 1. The molecular weight excluding hydrogens is 280 g/mol. The molecule has 2 aromatic heterocycles. The van der Waals surface area contributed by atoms with Crippen LogP contribution in [0.1, 0.15) is 24.6 Å². The van der Waals surface area contributed by atoms with Crippen molar-refractivity contribution in [2.24, 2.45) is 0 Å². The molecule has 0 aliphatic rings. The number of benzene rings is 1. The zero-order valence-corrected chi connectivity index (χ0v) is 13.0. The summed E-state index contributed by atoms with van der Waals surface area (Å²) in [7, 11) is 1.58. The molecule has 2 heterocycles. The first-order valence-corrected chi connectivity index (χ1v) is 7.35. The molecule has 1 aromatic carbocycles. The summed E-state index contributed by atoms with van der Waals surface area (Å²) in [5, 5.41) is 7.24. The summed E-state index contributed by atoms with van der Waals surface area (Å²) in [5.74, 6) is 2.29. The van der Waals surface area contributed by atoms with Crippen molar-refractivity contribution in [2.45, 2.75) is 26.4 Å². The number of ether oxygens (including phenoxy) is 1. The lowest BCUT2D eigenvalue weighted by molar-refractivity contribution is 0.310. The topological polar surface area (TPSA) is 65.1 Å². The predicted octanol–water partition coefficient (Wildman–Crippen LogP) is 2.69. The van der Waals surface area contributed by atoms with Crippen LogP contribution in [0.2, 0.25) is 0 Å². The van der Waals surface area contributed by atoms with Gasteiger partial charge in [0, 0.05) is 19.2 Å². The lowest BCUT2D eigenvalue weighted by atomic mass is 10.2.